The molecule has 8 heteroatoms. The van der Waals surface area contributed by atoms with E-state index >= 15 is 0 Å². The molecule has 2 saturated heterocycles. The van der Waals surface area contributed by atoms with Crippen molar-refractivity contribution in [1.82, 2.24) is 14.7 Å². The van der Waals surface area contributed by atoms with E-state index in [0.717, 1.165) is 37.3 Å². The van der Waals surface area contributed by atoms with Gasteiger partial charge < -0.3 is 24.7 Å². The number of piperidine rings is 1. The molecule has 2 aliphatic rings. The van der Waals surface area contributed by atoms with Gasteiger partial charge in [-0.25, -0.2) is 9.37 Å². The normalized spacial score (nSPS) is 20.6. The number of carbonyl (C=O) groups is 1. The Hall–Kier alpha value is -3.13. The quantitative estimate of drug-likeness (QED) is 0.693. The lowest BCUT2D eigenvalue weighted by Crippen LogP contribution is -2.40. The maximum absolute atomic E-state index is 14.9. The molecule has 2 unspecified atom stereocenters. The summed E-state index contributed by atoms with van der Waals surface area (Å²) < 4.78 is 22.0. The standard InChI is InChI=1S/C22H24FN5O2/c1-13-11-27-12-17(20(30-2)9-21(27)25-13)22(29)26-19-4-3-15(8-18(19)23)28-6-5-14-7-16(28)10-24-14/h3-4,8-9,11-12,14,16,24H,5-7,10H2,1-2H3,(H,26,29). The van der Waals surface area contributed by atoms with E-state index in [0.29, 0.717) is 29.0 Å². The SMILES string of the molecule is COc1cc2nc(C)cn2cc1C(=O)Nc1ccc(N2CCC3CC2CN3)cc1F. The molecule has 0 spiro atoms. The number of rotatable bonds is 4. The van der Waals surface area contributed by atoms with Crippen LogP contribution in [0.25, 0.3) is 5.65 Å². The molecule has 2 aromatic heterocycles. The number of methoxy groups -OCH3 is 1. The number of benzene rings is 1. The minimum Gasteiger partial charge on any atom is -0.496 e. The first-order valence-corrected chi connectivity index (χ1v) is 10.2. The van der Waals surface area contributed by atoms with Gasteiger partial charge in [-0.3, -0.25) is 4.79 Å². The van der Waals surface area contributed by atoms with Gasteiger partial charge in [0.25, 0.3) is 5.91 Å². The van der Waals surface area contributed by atoms with Gasteiger partial charge in [0.05, 0.1) is 24.1 Å². The van der Waals surface area contributed by atoms with Gasteiger partial charge >= 0.3 is 0 Å². The summed E-state index contributed by atoms with van der Waals surface area (Å²) in [7, 11) is 1.49. The highest BCUT2D eigenvalue weighted by Gasteiger charge is 2.34. The van der Waals surface area contributed by atoms with Crippen LogP contribution in [-0.4, -0.2) is 47.6 Å². The molecule has 0 saturated carbocycles. The van der Waals surface area contributed by atoms with Crippen LogP contribution in [0.5, 0.6) is 5.75 Å². The van der Waals surface area contributed by atoms with Crippen LogP contribution in [0.3, 0.4) is 0 Å². The molecule has 2 aliphatic heterocycles. The number of anilines is 2. The smallest absolute Gasteiger partial charge is 0.261 e. The molecule has 7 nitrogen and oxygen atoms in total. The number of hydrogen-bond donors (Lipinski definition) is 2. The number of nitrogens with one attached hydrogen (secondary N) is 2. The Balaban J connectivity index is 1.39. The Morgan fingerprint density at radius 2 is 2.20 bits per heavy atom. The monoisotopic (exact) mass is 409 g/mol. The topological polar surface area (TPSA) is 70.9 Å². The van der Waals surface area contributed by atoms with Crippen molar-refractivity contribution in [3.63, 3.8) is 0 Å². The van der Waals surface area contributed by atoms with Crippen LogP contribution in [0.4, 0.5) is 15.8 Å². The van der Waals surface area contributed by atoms with Crippen LogP contribution in [0.2, 0.25) is 0 Å². The van der Waals surface area contributed by atoms with Gasteiger partial charge in [0.15, 0.2) is 0 Å². The lowest BCUT2D eigenvalue weighted by molar-refractivity contribution is 0.102. The lowest BCUT2D eigenvalue weighted by atomic mass is 10.0. The zero-order valence-corrected chi connectivity index (χ0v) is 17.0. The van der Waals surface area contributed by atoms with E-state index in [1.807, 2.05) is 19.2 Å². The summed E-state index contributed by atoms with van der Waals surface area (Å²) in [5.74, 6) is -0.501. The molecule has 5 rings (SSSR count). The summed E-state index contributed by atoms with van der Waals surface area (Å²) in [6.07, 6.45) is 5.62. The first kappa shape index (κ1) is 18.9. The third-order valence-electron chi connectivity index (χ3n) is 6.03. The third-order valence-corrected chi connectivity index (χ3v) is 6.03. The molecule has 1 aromatic carbocycles. The zero-order chi connectivity index (χ0) is 20.8. The molecule has 4 heterocycles. The number of aromatic nitrogens is 2. The maximum atomic E-state index is 14.9. The Labute approximate surface area is 173 Å². The molecule has 3 aromatic rings. The number of aryl methyl sites for hydroxylation is 1. The number of imidazole rings is 1. The van der Waals surface area contributed by atoms with E-state index in [2.05, 4.69) is 20.5 Å². The molecular weight excluding hydrogens is 385 g/mol. The summed E-state index contributed by atoms with van der Waals surface area (Å²) in [5.41, 5.74) is 2.82. The van der Waals surface area contributed by atoms with Gasteiger partial charge in [0, 0.05) is 49.3 Å². The average molecular weight is 409 g/mol. The number of pyridine rings is 1. The van der Waals surface area contributed by atoms with Crippen LogP contribution in [0.15, 0.2) is 36.7 Å². The van der Waals surface area contributed by atoms with Crippen molar-refractivity contribution in [3.8, 4) is 5.75 Å². The highest BCUT2D eigenvalue weighted by atomic mass is 19.1. The molecule has 30 heavy (non-hydrogen) atoms. The molecule has 156 valence electrons. The number of amides is 1. The second-order valence-corrected chi connectivity index (χ2v) is 8.00. The summed E-state index contributed by atoms with van der Waals surface area (Å²) in [5, 5.41) is 6.18. The van der Waals surface area contributed by atoms with Gasteiger partial charge in [-0.05, 0) is 38.0 Å². The number of ether oxygens (including phenoxy) is 1. The average Bonchev–Trinajstić information content (AvgIpc) is 3.29. The molecule has 0 aliphatic carbocycles. The first-order valence-electron chi connectivity index (χ1n) is 10.2. The predicted octanol–water partition coefficient (Wildman–Crippen LogP) is 2.98. The van der Waals surface area contributed by atoms with Crippen LogP contribution in [-0.2, 0) is 0 Å². The van der Waals surface area contributed by atoms with Gasteiger partial charge in [-0.1, -0.05) is 0 Å². The second kappa shape index (κ2) is 7.28. The minimum absolute atomic E-state index is 0.146. The lowest BCUT2D eigenvalue weighted by Gasteiger charge is -2.34. The van der Waals surface area contributed by atoms with Crippen molar-refractivity contribution in [2.24, 2.45) is 0 Å². The molecule has 2 atom stereocenters. The second-order valence-electron chi connectivity index (χ2n) is 8.00. The van der Waals surface area contributed by atoms with E-state index in [4.69, 9.17) is 4.74 Å². The fourth-order valence-corrected chi connectivity index (χ4v) is 4.53. The highest BCUT2D eigenvalue weighted by Crippen LogP contribution is 2.31. The van der Waals surface area contributed by atoms with Crippen molar-refractivity contribution in [2.45, 2.75) is 31.8 Å². The molecule has 2 N–H and O–H groups in total. The zero-order valence-electron chi connectivity index (χ0n) is 17.0. The number of halogens is 1. The van der Waals surface area contributed by atoms with Crippen LogP contribution in [0.1, 0.15) is 28.9 Å². The van der Waals surface area contributed by atoms with E-state index in [-0.39, 0.29) is 5.69 Å². The van der Waals surface area contributed by atoms with Crippen molar-refractivity contribution >= 4 is 22.9 Å². The van der Waals surface area contributed by atoms with Crippen molar-refractivity contribution in [3.05, 3.63) is 53.7 Å². The van der Waals surface area contributed by atoms with Crippen molar-refractivity contribution < 1.29 is 13.9 Å². The van der Waals surface area contributed by atoms with Crippen LogP contribution in [0, 0.1) is 12.7 Å². The number of carbonyl (C=O) groups excluding carboxylic acids is 1. The Morgan fingerprint density at radius 1 is 1.33 bits per heavy atom. The minimum atomic E-state index is -0.451. The highest BCUT2D eigenvalue weighted by molar-refractivity contribution is 6.06. The fourth-order valence-electron chi connectivity index (χ4n) is 4.53. The molecule has 0 radical (unpaired) electrons. The van der Waals surface area contributed by atoms with Gasteiger partial charge in [-0.2, -0.15) is 0 Å². The van der Waals surface area contributed by atoms with E-state index in [1.165, 1.54) is 13.2 Å². The molecular formula is C22H24FN5O2. The summed E-state index contributed by atoms with van der Waals surface area (Å²) >= 11 is 0. The number of hydrogen-bond acceptors (Lipinski definition) is 5. The van der Waals surface area contributed by atoms with E-state index in [1.54, 1.807) is 22.7 Å². The Morgan fingerprint density at radius 3 is 3.00 bits per heavy atom. The number of nitrogens with zero attached hydrogens (tertiary/aromatic N) is 3. The first-order chi connectivity index (χ1) is 14.5. The molecule has 2 bridgehead atoms. The maximum Gasteiger partial charge on any atom is 0.261 e. The Bertz CT molecular complexity index is 1130. The molecule has 1 amide bonds. The molecule has 2 fully saturated rings. The van der Waals surface area contributed by atoms with Crippen molar-refractivity contribution in [1.29, 1.82) is 0 Å². The van der Waals surface area contributed by atoms with Crippen molar-refractivity contribution in [2.75, 3.05) is 30.4 Å². The largest absolute Gasteiger partial charge is 0.496 e. The van der Waals surface area contributed by atoms with Crippen LogP contribution >= 0.6 is 0 Å². The van der Waals surface area contributed by atoms with Crippen LogP contribution < -0.4 is 20.3 Å². The van der Waals surface area contributed by atoms with Gasteiger partial charge in [0.2, 0.25) is 0 Å². The Kier molecular flexibility index (Phi) is 4.58. The summed E-state index contributed by atoms with van der Waals surface area (Å²) in [6.45, 7) is 3.72. The summed E-state index contributed by atoms with van der Waals surface area (Å²) in [6, 6.07) is 7.69. The predicted molar refractivity (Wildman–Crippen MR) is 113 cm³/mol. The van der Waals surface area contributed by atoms with E-state index < -0.39 is 11.7 Å². The number of fused-ring (bicyclic) bond motifs is 3. The summed E-state index contributed by atoms with van der Waals surface area (Å²) in [4.78, 5) is 19.5. The third kappa shape index (κ3) is 3.27. The van der Waals surface area contributed by atoms with Gasteiger partial charge in [0.1, 0.15) is 17.2 Å². The van der Waals surface area contributed by atoms with Gasteiger partial charge in [-0.15, -0.1) is 0 Å². The fraction of sp³-hybridized carbons (Fsp3) is 0.364. The van der Waals surface area contributed by atoms with E-state index in [9.17, 15) is 9.18 Å².